The van der Waals surface area contributed by atoms with E-state index in [1.54, 1.807) is 11.8 Å². The largest absolute Gasteiger partial charge is 0.335 e. The Kier molecular flexibility index (Phi) is 5.08. The minimum Gasteiger partial charge on any atom is -0.335 e. The fourth-order valence-corrected chi connectivity index (χ4v) is 3.26. The average Bonchev–Trinajstić information content (AvgIpc) is 2.87. The maximum atomic E-state index is 9.04. The first-order valence-corrected chi connectivity index (χ1v) is 8.11. The van der Waals surface area contributed by atoms with E-state index in [0.29, 0.717) is 6.04 Å². The predicted molar refractivity (Wildman–Crippen MR) is 87.5 cm³/mol. The van der Waals surface area contributed by atoms with Crippen molar-refractivity contribution >= 4 is 22.6 Å². The highest BCUT2D eigenvalue weighted by Gasteiger charge is 2.18. The summed E-state index contributed by atoms with van der Waals surface area (Å²) in [7, 11) is 0. The van der Waals surface area contributed by atoms with E-state index < -0.39 is 0 Å². The van der Waals surface area contributed by atoms with Gasteiger partial charge >= 0.3 is 0 Å². The molecular formula is C16H21N3S. The van der Waals surface area contributed by atoms with Gasteiger partial charge in [-0.2, -0.15) is 5.26 Å². The monoisotopic (exact) mass is 287 g/mol. The van der Waals surface area contributed by atoms with E-state index in [0.717, 1.165) is 33.3 Å². The molecule has 0 fully saturated rings. The molecular weight excluding hydrogens is 266 g/mol. The molecule has 4 heteroatoms. The summed E-state index contributed by atoms with van der Waals surface area (Å²) in [4.78, 5) is 4.74. The number of hydrogen-bond donors (Lipinski definition) is 1. The van der Waals surface area contributed by atoms with E-state index in [1.165, 1.54) is 19.3 Å². The summed E-state index contributed by atoms with van der Waals surface area (Å²) in [6.07, 6.45) is 3.66. The Balaban J connectivity index is 2.08. The quantitative estimate of drug-likeness (QED) is 0.900. The average molecular weight is 287 g/mol. The van der Waals surface area contributed by atoms with Gasteiger partial charge in [0.25, 0.3) is 0 Å². The molecule has 0 radical (unpaired) electrons. The lowest BCUT2D eigenvalue weighted by Gasteiger charge is -2.10. The molecule has 2 rings (SSSR count). The second kappa shape index (κ2) is 6.81. The van der Waals surface area contributed by atoms with Crippen molar-refractivity contribution in [2.45, 2.75) is 46.1 Å². The molecule has 0 saturated heterocycles. The Morgan fingerprint density at radius 1 is 1.40 bits per heavy atom. The van der Waals surface area contributed by atoms with Crippen molar-refractivity contribution in [3.05, 3.63) is 28.8 Å². The second-order valence-corrected chi connectivity index (χ2v) is 6.27. The van der Waals surface area contributed by atoms with Crippen molar-refractivity contribution in [3.8, 4) is 6.07 Å². The van der Waals surface area contributed by atoms with E-state index in [1.807, 2.05) is 26.0 Å². The first-order chi connectivity index (χ1) is 9.63. The number of nitrogens with one attached hydrogen (secondary N) is 1. The Hall–Kier alpha value is -1.47. The summed E-state index contributed by atoms with van der Waals surface area (Å²) < 4.78 is 0. The number of aryl methyl sites for hydroxylation is 2. The first-order valence-electron chi connectivity index (χ1n) is 7.13. The molecule has 1 aliphatic heterocycles. The summed E-state index contributed by atoms with van der Waals surface area (Å²) in [5.41, 5.74) is 3.90. The molecule has 1 aliphatic rings. The number of thioether (sulfide) groups is 1. The summed E-state index contributed by atoms with van der Waals surface area (Å²) in [6, 6.07) is 6.66. The van der Waals surface area contributed by atoms with Crippen molar-refractivity contribution in [1.82, 2.24) is 0 Å². The molecule has 0 aliphatic carbocycles. The molecule has 106 valence electrons. The van der Waals surface area contributed by atoms with Crippen molar-refractivity contribution in [3.63, 3.8) is 0 Å². The Bertz CT molecular complexity index is 558. The molecule has 1 heterocycles. The van der Waals surface area contributed by atoms with Crippen molar-refractivity contribution < 1.29 is 0 Å². The zero-order valence-corrected chi connectivity index (χ0v) is 13.2. The third kappa shape index (κ3) is 3.55. The van der Waals surface area contributed by atoms with Gasteiger partial charge < -0.3 is 5.32 Å². The number of unbranched alkanes of at least 4 members (excludes halogenated alkanes) is 1. The second-order valence-electron chi connectivity index (χ2n) is 5.26. The number of nitrogens with zero attached hydrogens (tertiary/aromatic N) is 2. The lowest BCUT2D eigenvalue weighted by atomic mass is 10.0. The number of nitriles is 1. The van der Waals surface area contributed by atoms with Crippen LogP contribution in [-0.4, -0.2) is 17.0 Å². The first kappa shape index (κ1) is 14.9. The maximum Gasteiger partial charge on any atom is 0.161 e. The van der Waals surface area contributed by atoms with E-state index in [9.17, 15) is 0 Å². The van der Waals surface area contributed by atoms with Crippen LogP contribution in [0.3, 0.4) is 0 Å². The molecule has 1 aromatic rings. The topological polar surface area (TPSA) is 48.2 Å². The number of rotatable bonds is 4. The number of anilines is 1. The van der Waals surface area contributed by atoms with Crippen molar-refractivity contribution in [2.24, 2.45) is 4.99 Å². The molecule has 0 aromatic heterocycles. The van der Waals surface area contributed by atoms with Gasteiger partial charge in [0, 0.05) is 11.4 Å². The van der Waals surface area contributed by atoms with Crippen LogP contribution in [0, 0.1) is 25.2 Å². The highest BCUT2D eigenvalue weighted by molar-refractivity contribution is 8.14. The molecule has 1 atom stereocenters. The van der Waals surface area contributed by atoms with E-state index in [-0.39, 0.29) is 0 Å². The molecule has 1 unspecified atom stereocenters. The van der Waals surface area contributed by atoms with Gasteiger partial charge in [-0.05, 0) is 43.5 Å². The van der Waals surface area contributed by atoms with Crippen LogP contribution in [-0.2, 0) is 0 Å². The minimum atomic E-state index is 0.460. The van der Waals surface area contributed by atoms with E-state index >= 15 is 0 Å². The SMILES string of the molecule is CCCCC1CSC(Nc2cc(C)c(C#N)cc2C)=N1. The fraction of sp³-hybridized carbons (Fsp3) is 0.500. The van der Waals surface area contributed by atoms with Gasteiger partial charge in [-0.15, -0.1) is 0 Å². The van der Waals surface area contributed by atoms with Gasteiger partial charge in [-0.1, -0.05) is 31.5 Å². The summed E-state index contributed by atoms with van der Waals surface area (Å²) >= 11 is 1.79. The third-order valence-electron chi connectivity index (χ3n) is 3.54. The Labute approximate surface area is 125 Å². The summed E-state index contributed by atoms with van der Waals surface area (Å²) in [6.45, 7) is 6.21. The lowest BCUT2D eigenvalue weighted by molar-refractivity contribution is 0.630. The third-order valence-corrected chi connectivity index (χ3v) is 4.57. The van der Waals surface area contributed by atoms with Gasteiger partial charge in [0.1, 0.15) is 0 Å². The summed E-state index contributed by atoms with van der Waals surface area (Å²) in [5.74, 6) is 1.08. The van der Waals surface area contributed by atoms with Crippen LogP contribution in [0.5, 0.6) is 0 Å². The van der Waals surface area contributed by atoms with Crippen LogP contribution in [0.2, 0.25) is 0 Å². The zero-order valence-electron chi connectivity index (χ0n) is 12.4. The van der Waals surface area contributed by atoms with E-state index in [4.69, 9.17) is 10.3 Å². The highest BCUT2D eigenvalue weighted by Crippen LogP contribution is 2.26. The zero-order chi connectivity index (χ0) is 14.5. The van der Waals surface area contributed by atoms with Crippen molar-refractivity contribution in [1.29, 1.82) is 5.26 Å². The number of benzene rings is 1. The van der Waals surface area contributed by atoms with Gasteiger partial charge in [-0.25, -0.2) is 0 Å². The molecule has 3 nitrogen and oxygen atoms in total. The smallest absolute Gasteiger partial charge is 0.161 e. The van der Waals surface area contributed by atoms with Crippen LogP contribution in [0.25, 0.3) is 0 Å². The van der Waals surface area contributed by atoms with Crippen molar-refractivity contribution in [2.75, 3.05) is 11.1 Å². The molecule has 0 saturated carbocycles. The molecule has 1 N–H and O–H groups in total. The lowest BCUT2D eigenvalue weighted by Crippen LogP contribution is -2.07. The molecule has 20 heavy (non-hydrogen) atoms. The van der Waals surface area contributed by atoms with Gasteiger partial charge in [0.05, 0.1) is 17.7 Å². The molecule has 0 bridgehead atoms. The number of hydrogen-bond acceptors (Lipinski definition) is 4. The van der Waals surface area contributed by atoms with Gasteiger partial charge in [-0.3, -0.25) is 4.99 Å². The van der Waals surface area contributed by atoms with Crippen LogP contribution in [0.1, 0.15) is 42.9 Å². The number of amidine groups is 1. The predicted octanol–water partition coefficient (Wildman–Crippen LogP) is 4.25. The minimum absolute atomic E-state index is 0.460. The number of aliphatic imine (C=N–C) groups is 1. The van der Waals surface area contributed by atoms with E-state index in [2.05, 4.69) is 18.3 Å². The summed E-state index contributed by atoms with van der Waals surface area (Å²) in [5, 5.41) is 13.5. The van der Waals surface area contributed by atoms with Crippen LogP contribution in [0.4, 0.5) is 5.69 Å². The highest BCUT2D eigenvalue weighted by atomic mass is 32.2. The van der Waals surface area contributed by atoms with Gasteiger partial charge in [0.15, 0.2) is 5.17 Å². The Morgan fingerprint density at radius 3 is 2.90 bits per heavy atom. The van der Waals surface area contributed by atoms with Gasteiger partial charge in [0.2, 0.25) is 0 Å². The molecule has 0 amide bonds. The Morgan fingerprint density at radius 2 is 2.20 bits per heavy atom. The maximum absolute atomic E-state index is 9.04. The normalized spacial score (nSPS) is 17.7. The standard InChI is InChI=1S/C16H21N3S/c1-4-5-6-14-10-20-16(18-14)19-15-8-11(2)13(9-17)7-12(15)3/h7-8,14H,4-6,10H2,1-3H3,(H,18,19). The molecule has 1 aromatic carbocycles. The van der Waals surface area contributed by atoms with Crippen LogP contribution in [0.15, 0.2) is 17.1 Å². The molecule has 0 spiro atoms. The van der Waals surface area contributed by atoms with Crippen LogP contribution >= 0.6 is 11.8 Å². The van der Waals surface area contributed by atoms with Crippen LogP contribution < -0.4 is 5.32 Å². The fourth-order valence-electron chi connectivity index (χ4n) is 2.26.